The molecule has 0 atom stereocenters. The van der Waals surface area contributed by atoms with Crippen molar-refractivity contribution in [2.45, 2.75) is 37.6 Å². The van der Waals surface area contributed by atoms with E-state index in [0.29, 0.717) is 10.9 Å². The highest BCUT2D eigenvalue weighted by atomic mass is 32.2. The molecule has 0 bridgehead atoms. The van der Waals surface area contributed by atoms with E-state index in [-0.39, 0.29) is 11.7 Å². The fraction of sp³-hybridized carbons (Fsp3) is 0.368. The van der Waals surface area contributed by atoms with Gasteiger partial charge in [0.25, 0.3) is 5.03 Å². The zero-order valence-electron chi connectivity index (χ0n) is 14.1. The van der Waals surface area contributed by atoms with Crippen LogP contribution in [0, 0.1) is 5.21 Å². The largest absolute Gasteiger partial charge is 0.618 e. The highest BCUT2D eigenvalue weighted by molar-refractivity contribution is 7.99. The monoisotopic (exact) mass is 342 g/mol. The smallest absolute Gasteiger partial charge is 0.251 e. The van der Waals surface area contributed by atoms with Gasteiger partial charge in [0.2, 0.25) is 5.91 Å². The van der Waals surface area contributed by atoms with Gasteiger partial charge >= 0.3 is 0 Å². The van der Waals surface area contributed by atoms with Crippen LogP contribution in [-0.4, -0.2) is 18.2 Å². The lowest BCUT2D eigenvalue weighted by Crippen LogP contribution is -2.37. The lowest BCUT2D eigenvalue weighted by Gasteiger charge is -2.30. The summed E-state index contributed by atoms with van der Waals surface area (Å²) in [5.41, 5.74) is 3.60. The topological polar surface area (TPSA) is 47.2 Å². The summed E-state index contributed by atoms with van der Waals surface area (Å²) in [6.07, 6.45) is 3.46. The van der Waals surface area contributed by atoms with Crippen LogP contribution in [0.1, 0.15) is 37.3 Å². The van der Waals surface area contributed by atoms with E-state index < -0.39 is 0 Å². The first-order valence-corrected chi connectivity index (χ1v) is 9.29. The predicted octanol–water partition coefficient (Wildman–Crippen LogP) is 3.51. The van der Waals surface area contributed by atoms with Crippen LogP contribution in [0.3, 0.4) is 0 Å². The average molecular weight is 342 g/mol. The third-order valence-electron chi connectivity index (χ3n) is 4.32. The molecule has 0 unspecified atom stereocenters. The van der Waals surface area contributed by atoms with Crippen LogP contribution >= 0.6 is 11.8 Å². The lowest BCUT2D eigenvalue weighted by molar-refractivity contribution is -0.645. The minimum atomic E-state index is 0.0575. The molecule has 0 fully saturated rings. The lowest BCUT2D eigenvalue weighted by atomic mass is 9.95. The number of hydrogen-bond acceptors (Lipinski definition) is 3. The minimum absolute atomic E-state index is 0.0575. The van der Waals surface area contributed by atoms with Crippen LogP contribution in [-0.2, 0) is 11.2 Å². The molecule has 1 aromatic heterocycles. The van der Waals surface area contributed by atoms with Crippen molar-refractivity contribution in [1.29, 1.82) is 0 Å². The van der Waals surface area contributed by atoms with E-state index in [1.54, 1.807) is 12.1 Å². The van der Waals surface area contributed by atoms with E-state index in [2.05, 4.69) is 32.0 Å². The number of hydrogen-bond donors (Lipinski definition) is 0. The summed E-state index contributed by atoms with van der Waals surface area (Å²) in [6.45, 7) is 5.11. The summed E-state index contributed by atoms with van der Waals surface area (Å²) in [6, 6.07) is 11.7. The number of rotatable bonds is 4. The number of aryl methyl sites for hydroxylation is 1. The Labute approximate surface area is 147 Å². The number of aromatic nitrogens is 1. The molecule has 4 nitrogen and oxygen atoms in total. The molecule has 0 spiro atoms. The molecular weight excluding hydrogens is 320 g/mol. The Bertz CT molecular complexity index is 746. The number of nitrogens with zero attached hydrogens (tertiary/aromatic N) is 2. The van der Waals surface area contributed by atoms with Crippen LogP contribution in [0.2, 0.25) is 0 Å². The normalized spacial score (nSPS) is 13.9. The van der Waals surface area contributed by atoms with Crippen molar-refractivity contribution < 1.29 is 9.52 Å². The van der Waals surface area contributed by atoms with Crippen molar-refractivity contribution in [3.63, 3.8) is 0 Å². The van der Waals surface area contributed by atoms with Crippen molar-refractivity contribution in [3.8, 4) is 0 Å². The van der Waals surface area contributed by atoms with E-state index >= 15 is 0 Å². The van der Waals surface area contributed by atoms with Gasteiger partial charge in [0.05, 0.1) is 5.75 Å². The molecule has 1 aliphatic rings. The molecule has 0 saturated carbocycles. The summed E-state index contributed by atoms with van der Waals surface area (Å²) < 4.78 is 0.803. The average Bonchev–Trinajstić information content (AvgIpc) is 2.59. The molecule has 126 valence electrons. The maximum Gasteiger partial charge on any atom is 0.251 e. The highest BCUT2D eigenvalue weighted by Gasteiger charge is 2.23. The molecule has 2 aromatic rings. The third kappa shape index (κ3) is 3.56. The van der Waals surface area contributed by atoms with Crippen molar-refractivity contribution in [1.82, 2.24) is 0 Å². The zero-order valence-corrected chi connectivity index (χ0v) is 14.9. The predicted molar refractivity (Wildman–Crippen MR) is 97.3 cm³/mol. The highest BCUT2D eigenvalue weighted by Crippen LogP contribution is 2.31. The second kappa shape index (κ2) is 7.26. The number of fused-ring (bicyclic) bond motifs is 1. The molecule has 1 aromatic carbocycles. The Balaban J connectivity index is 1.74. The molecular formula is C19H22N2O2S. The molecule has 1 amide bonds. The van der Waals surface area contributed by atoms with Crippen molar-refractivity contribution in [2.75, 3.05) is 17.2 Å². The Morgan fingerprint density at radius 2 is 2.17 bits per heavy atom. The van der Waals surface area contributed by atoms with Gasteiger partial charge in [0.15, 0.2) is 6.20 Å². The molecule has 3 rings (SSSR count). The number of anilines is 1. The SMILES string of the molecule is CC(C)c1ccc2c(c1)CCCN2C(=O)CSc1cccc[n+]1[O-]. The van der Waals surface area contributed by atoms with E-state index in [0.717, 1.165) is 29.8 Å². The van der Waals surface area contributed by atoms with Crippen LogP contribution in [0.4, 0.5) is 5.69 Å². The fourth-order valence-corrected chi connectivity index (χ4v) is 3.76. The minimum Gasteiger partial charge on any atom is -0.618 e. The third-order valence-corrected chi connectivity index (χ3v) is 5.33. The Morgan fingerprint density at radius 3 is 2.92 bits per heavy atom. The van der Waals surface area contributed by atoms with Crippen LogP contribution in [0.15, 0.2) is 47.6 Å². The van der Waals surface area contributed by atoms with Crippen molar-refractivity contribution in [2.24, 2.45) is 0 Å². The summed E-state index contributed by atoms with van der Waals surface area (Å²) in [5, 5.41) is 12.2. The number of pyridine rings is 1. The molecule has 24 heavy (non-hydrogen) atoms. The summed E-state index contributed by atoms with van der Waals surface area (Å²) in [4.78, 5) is 14.5. The second-order valence-electron chi connectivity index (χ2n) is 6.35. The van der Waals surface area contributed by atoms with Gasteiger partial charge in [-0.1, -0.05) is 26.0 Å². The number of carbonyl (C=O) groups is 1. The maximum atomic E-state index is 12.7. The van der Waals surface area contributed by atoms with Gasteiger partial charge in [-0.25, -0.2) is 0 Å². The molecule has 5 heteroatoms. The molecule has 0 N–H and O–H groups in total. The summed E-state index contributed by atoms with van der Waals surface area (Å²) in [7, 11) is 0. The number of amides is 1. The van der Waals surface area contributed by atoms with Gasteiger partial charge < -0.3 is 10.1 Å². The zero-order chi connectivity index (χ0) is 17.1. The Hall–Kier alpha value is -2.01. The Kier molecular flexibility index (Phi) is 5.09. The molecule has 0 aliphatic carbocycles. The molecule has 1 aliphatic heterocycles. The van der Waals surface area contributed by atoms with E-state index in [9.17, 15) is 10.0 Å². The molecule has 0 saturated heterocycles. The van der Waals surface area contributed by atoms with Gasteiger partial charge in [-0.15, -0.1) is 0 Å². The first kappa shape index (κ1) is 16.8. The van der Waals surface area contributed by atoms with E-state index in [1.807, 2.05) is 11.0 Å². The molecule has 0 radical (unpaired) electrons. The number of benzene rings is 1. The summed E-state index contributed by atoms with van der Waals surface area (Å²) in [5.74, 6) is 0.821. The van der Waals surface area contributed by atoms with Crippen LogP contribution < -0.4 is 9.63 Å². The quantitative estimate of drug-likeness (QED) is 0.485. The summed E-state index contributed by atoms with van der Waals surface area (Å²) >= 11 is 1.29. The van der Waals surface area contributed by atoms with Gasteiger partial charge in [0.1, 0.15) is 0 Å². The first-order chi connectivity index (χ1) is 11.6. The number of thioether (sulfide) groups is 1. The van der Waals surface area contributed by atoms with E-state index in [1.165, 1.54) is 29.1 Å². The van der Waals surface area contributed by atoms with Gasteiger partial charge in [-0.3, -0.25) is 4.79 Å². The maximum absolute atomic E-state index is 12.7. The van der Waals surface area contributed by atoms with Crippen LogP contribution in [0.5, 0.6) is 0 Å². The Morgan fingerprint density at radius 1 is 1.33 bits per heavy atom. The second-order valence-corrected chi connectivity index (χ2v) is 7.34. The molecule has 2 heterocycles. The first-order valence-electron chi connectivity index (χ1n) is 8.30. The van der Waals surface area contributed by atoms with Gasteiger partial charge in [0, 0.05) is 24.4 Å². The van der Waals surface area contributed by atoms with Gasteiger partial charge in [-0.05, 0) is 53.8 Å². The van der Waals surface area contributed by atoms with Crippen molar-refractivity contribution >= 4 is 23.4 Å². The fourth-order valence-electron chi connectivity index (χ4n) is 2.97. The van der Waals surface area contributed by atoms with E-state index in [4.69, 9.17) is 0 Å². The van der Waals surface area contributed by atoms with Crippen LogP contribution in [0.25, 0.3) is 0 Å². The van der Waals surface area contributed by atoms with Gasteiger partial charge in [-0.2, -0.15) is 4.73 Å². The van der Waals surface area contributed by atoms with Crippen molar-refractivity contribution in [3.05, 3.63) is 58.9 Å². The number of carbonyl (C=O) groups excluding carboxylic acids is 1. The standard InChI is InChI=1S/C19H22N2O2S/c1-14(2)15-8-9-17-16(12-15)6-5-10-20(17)18(22)13-24-19-7-3-4-11-21(19)23/h3-4,7-9,11-12,14H,5-6,10,13H2,1-2H3.